The first kappa shape index (κ1) is 28.1. The smallest absolute Gasteiger partial charge is 0.242 e. The van der Waals surface area contributed by atoms with Gasteiger partial charge in [-0.25, -0.2) is 25.4 Å². The Morgan fingerprint density at radius 2 is 1.75 bits per heavy atom. The molecule has 1 N–H and O–H groups in total. The summed E-state index contributed by atoms with van der Waals surface area (Å²) >= 11 is 0. The summed E-state index contributed by atoms with van der Waals surface area (Å²) in [5.41, 5.74) is 1.11. The summed E-state index contributed by atoms with van der Waals surface area (Å²) in [6.45, 7) is 1.11. The monoisotopic (exact) mass is 537 g/mol. The minimum atomic E-state index is -3.50. The van der Waals surface area contributed by atoms with E-state index in [0.717, 1.165) is 9.87 Å². The molecule has 9 nitrogen and oxygen atoms in total. The SMILES string of the molecule is CN(C)S(=O)(=O)c1ccc(OCCNC(=O)C2CCCN(S(=O)(=O)CCCc3ccccc3)C2)cc1. The molecule has 0 saturated carbocycles. The number of aryl methyl sites for hydroxylation is 1. The van der Waals surface area contributed by atoms with E-state index in [4.69, 9.17) is 4.74 Å². The highest BCUT2D eigenvalue weighted by Crippen LogP contribution is 2.21. The van der Waals surface area contributed by atoms with Gasteiger partial charge in [0.05, 0.1) is 23.1 Å². The van der Waals surface area contributed by atoms with E-state index in [1.165, 1.54) is 30.5 Å². The van der Waals surface area contributed by atoms with Crippen LogP contribution in [-0.2, 0) is 31.3 Å². The number of hydrogen-bond donors (Lipinski definition) is 1. The standard InChI is InChI=1S/C25H35N3O6S2/c1-27(2)36(32,33)24-14-12-23(13-15-24)34-18-16-26-25(29)22-11-6-17-28(20-22)35(30,31)19-7-10-21-8-4-3-5-9-21/h3-5,8-9,12-15,22H,6-7,10-11,16-20H2,1-2H3,(H,26,29). The topological polar surface area (TPSA) is 113 Å². The summed E-state index contributed by atoms with van der Waals surface area (Å²) in [5, 5.41) is 2.82. The third-order valence-electron chi connectivity index (χ3n) is 6.13. The Kier molecular flexibility index (Phi) is 9.89. The van der Waals surface area contributed by atoms with Crippen molar-refractivity contribution in [3.8, 4) is 5.75 Å². The van der Waals surface area contributed by atoms with Crippen molar-refractivity contribution in [3.05, 3.63) is 60.2 Å². The largest absolute Gasteiger partial charge is 0.492 e. The van der Waals surface area contributed by atoms with E-state index in [0.29, 0.717) is 38.0 Å². The van der Waals surface area contributed by atoms with Crippen LogP contribution in [0.3, 0.4) is 0 Å². The Bertz CT molecular complexity index is 1200. The molecule has 1 saturated heterocycles. The maximum Gasteiger partial charge on any atom is 0.242 e. The zero-order chi connectivity index (χ0) is 26.2. The van der Waals surface area contributed by atoms with E-state index in [-0.39, 0.29) is 36.3 Å². The minimum Gasteiger partial charge on any atom is -0.492 e. The van der Waals surface area contributed by atoms with Crippen LogP contribution in [0.4, 0.5) is 0 Å². The molecule has 0 spiro atoms. The third kappa shape index (κ3) is 7.76. The number of sulfonamides is 2. The van der Waals surface area contributed by atoms with Gasteiger partial charge in [-0.05, 0) is 55.5 Å². The highest BCUT2D eigenvalue weighted by molar-refractivity contribution is 7.89. The fraction of sp³-hybridized carbons (Fsp3) is 0.480. The number of nitrogens with zero attached hydrogens (tertiary/aromatic N) is 2. The summed E-state index contributed by atoms with van der Waals surface area (Å²) in [5.74, 6) is -0.0145. The molecule has 1 amide bonds. The van der Waals surface area contributed by atoms with Crippen molar-refractivity contribution in [2.75, 3.05) is 46.1 Å². The molecule has 1 aliphatic rings. The van der Waals surface area contributed by atoms with Crippen molar-refractivity contribution >= 4 is 26.0 Å². The number of nitrogens with one attached hydrogen (secondary N) is 1. The molecular weight excluding hydrogens is 502 g/mol. The Hall–Kier alpha value is -2.47. The summed E-state index contributed by atoms with van der Waals surface area (Å²) in [7, 11) is -3.98. The van der Waals surface area contributed by atoms with E-state index in [1.807, 2.05) is 30.3 Å². The molecule has 36 heavy (non-hydrogen) atoms. The highest BCUT2D eigenvalue weighted by Gasteiger charge is 2.31. The van der Waals surface area contributed by atoms with Crippen molar-refractivity contribution in [1.29, 1.82) is 0 Å². The van der Waals surface area contributed by atoms with E-state index >= 15 is 0 Å². The molecule has 0 bridgehead atoms. The average molecular weight is 538 g/mol. The van der Waals surface area contributed by atoms with Gasteiger partial charge in [0.15, 0.2) is 0 Å². The molecule has 198 valence electrons. The van der Waals surface area contributed by atoms with Gasteiger partial charge in [0.2, 0.25) is 26.0 Å². The number of amides is 1. The van der Waals surface area contributed by atoms with Crippen LogP contribution in [0.25, 0.3) is 0 Å². The van der Waals surface area contributed by atoms with Gasteiger partial charge in [-0.3, -0.25) is 4.79 Å². The van der Waals surface area contributed by atoms with Crippen LogP contribution in [0.1, 0.15) is 24.8 Å². The van der Waals surface area contributed by atoms with Crippen molar-refractivity contribution in [3.63, 3.8) is 0 Å². The Balaban J connectivity index is 1.41. The average Bonchev–Trinajstić information content (AvgIpc) is 2.87. The number of rotatable bonds is 12. The molecule has 1 unspecified atom stereocenters. The van der Waals surface area contributed by atoms with Crippen LogP contribution in [0, 0.1) is 5.92 Å². The fourth-order valence-corrected chi connectivity index (χ4v) is 6.53. The molecule has 2 aromatic rings. The number of benzene rings is 2. The first-order valence-electron chi connectivity index (χ1n) is 12.0. The lowest BCUT2D eigenvalue weighted by Crippen LogP contribution is -2.46. The van der Waals surface area contributed by atoms with Crippen LogP contribution in [0.5, 0.6) is 5.75 Å². The molecule has 0 radical (unpaired) electrons. The van der Waals surface area contributed by atoms with Crippen molar-refractivity contribution in [2.45, 2.75) is 30.6 Å². The zero-order valence-electron chi connectivity index (χ0n) is 20.8. The lowest BCUT2D eigenvalue weighted by Gasteiger charge is -2.31. The van der Waals surface area contributed by atoms with Gasteiger partial charge in [-0.1, -0.05) is 30.3 Å². The van der Waals surface area contributed by atoms with Crippen LogP contribution in [0.2, 0.25) is 0 Å². The number of ether oxygens (including phenoxy) is 1. The van der Waals surface area contributed by atoms with Gasteiger partial charge >= 0.3 is 0 Å². The van der Waals surface area contributed by atoms with Gasteiger partial charge in [-0.15, -0.1) is 0 Å². The lowest BCUT2D eigenvalue weighted by atomic mass is 9.99. The summed E-state index contributed by atoms with van der Waals surface area (Å²) in [4.78, 5) is 12.8. The normalized spacial score (nSPS) is 17.1. The van der Waals surface area contributed by atoms with Gasteiger partial charge in [-0.2, -0.15) is 0 Å². The first-order chi connectivity index (χ1) is 17.1. The second kappa shape index (κ2) is 12.7. The maximum atomic E-state index is 12.8. The van der Waals surface area contributed by atoms with Crippen molar-refractivity contribution in [2.24, 2.45) is 5.92 Å². The Labute approximate surface area is 214 Å². The van der Waals surface area contributed by atoms with Gasteiger partial charge < -0.3 is 10.1 Å². The second-order valence-corrected chi connectivity index (χ2v) is 13.2. The predicted octanol–water partition coefficient (Wildman–Crippen LogP) is 2.11. The number of carbonyl (C=O) groups is 1. The van der Waals surface area contributed by atoms with Gasteiger partial charge in [0.1, 0.15) is 12.4 Å². The van der Waals surface area contributed by atoms with Gasteiger partial charge in [0.25, 0.3) is 0 Å². The van der Waals surface area contributed by atoms with Crippen LogP contribution in [0.15, 0.2) is 59.5 Å². The van der Waals surface area contributed by atoms with Crippen molar-refractivity contribution < 1.29 is 26.4 Å². The number of carbonyl (C=O) groups excluding carboxylic acids is 1. The summed E-state index contributed by atoms with van der Waals surface area (Å²) in [6.07, 6.45) is 2.53. The summed E-state index contributed by atoms with van der Waals surface area (Å²) < 4.78 is 58.1. The third-order valence-corrected chi connectivity index (χ3v) is 9.88. The molecule has 1 fully saturated rings. The van der Waals surface area contributed by atoms with E-state index in [1.54, 1.807) is 12.1 Å². The molecule has 1 atom stereocenters. The van der Waals surface area contributed by atoms with Crippen LogP contribution < -0.4 is 10.1 Å². The highest BCUT2D eigenvalue weighted by atomic mass is 32.2. The first-order valence-corrected chi connectivity index (χ1v) is 15.1. The molecule has 2 aromatic carbocycles. The van der Waals surface area contributed by atoms with E-state index < -0.39 is 26.0 Å². The molecule has 1 heterocycles. The van der Waals surface area contributed by atoms with Crippen LogP contribution in [-0.4, -0.2) is 77.4 Å². The molecule has 0 aromatic heterocycles. The van der Waals surface area contributed by atoms with Crippen molar-refractivity contribution in [1.82, 2.24) is 13.9 Å². The molecular formula is C25H35N3O6S2. The Morgan fingerprint density at radius 3 is 2.42 bits per heavy atom. The van der Waals surface area contributed by atoms with E-state index in [9.17, 15) is 21.6 Å². The quantitative estimate of drug-likeness (QED) is 0.415. The maximum absolute atomic E-state index is 12.8. The second-order valence-electron chi connectivity index (χ2n) is 9.00. The van der Waals surface area contributed by atoms with Crippen LogP contribution >= 0.6 is 0 Å². The number of hydrogen-bond acceptors (Lipinski definition) is 6. The molecule has 0 aliphatic carbocycles. The fourth-order valence-electron chi connectivity index (χ4n) is 4.05. The number of piperidine rings is 1. The minimum absolute atomic E-state index is 0.0682. The lowest BCUT2D eigenvalue weighted by molar-refractivity contribution is -0.126. The molecule has 3 rings (SSSR count). The Morgan fingerprint density at radius 1 is 1.06 bits per heavy atom. The summed E-state index contributed by atoms with van der Waals surface area (Å²) in [6, 6.07) is 15.9. The predicted molar refractivity (Wildman–Crippen MR) is 139 cm³/mol. The van der Waals surface area contributed by atoms with Gasteiger partial charge in [0, 0.05) is 27.2 Å². The molecule has 11 heteroatoms. The molecule has 1 aliphatic heterocycles. The van der Waals surface area contributed by atoms with E-state index in [2.05, 4.69) is 5.32 Å². The zero-order valence-corrected chi connectivity index (χ0v) is 22.4.